The summed E-state index contributed by atoms with van der Waals surface area (Å²) in [6, 6.07) is 3.84. The molecular weight excluding hydrogens is 444 g/mol. The van der Waals surface area contributed by atoms with Crippen molar-refractivity contribution in [2.75, 3.05) is 6.54 Å². The third-order valence-corrected chi connectivity index (χ3v) is 5.33. The monoisotopic (exact) mass is 458 g/mol. The van der Waals surface area contributed by atoms with E-state index in [1.807, 2.05) is 0 Å². The largest absolute Gasteiger partial charge is 0.507 e. The van der Waals surface area contributed by atoms with Crippen LogP contribution in [0.25, 0.3) is 6.08 Å². The number of hydrogen-bond donors (Lipinski definition) is 3. The van der Waals surface area contributed by atoms with Gasteiger partial charge in [0, 0.05) is 23.0 Å². The van der Waals surface area contributed by atoms with Gasteiger partial charge in [-0.05, 0) is 31.2 Å². The van der Waals surface area contributed by atoms with E-state index in [2.05, 4.69) is 21.2 Å². The summed E-state index contributed by atoms with van der Waals surface area (Å²) in [7, 11) is 0. The normalized spacial score (nSPS) is 16.8. The molecular formula is C16H15BrN2O5S2. The van der Waals surface area contributed by atoms with Crippen molar-refractivity contribution in [1.82, 2.24) is 10.2 Å². The number of carbonyl (C=O) groups excluding carboxylic acids is 2. The molecule has 2 rings (SSSR count). The van der Waals surface area contributed by atoms with Gasteiger partial charge in [0.1, 0.15) is 16.1 Å². The third kappa shape index (κ3) is 5.05. The maximum absolute atomic E-state index is 12.5. The van der Waals surface area contributed by atoms with Crippen LogP contribution >= 0.6 is 39.9 Å². The van der Waals surface area contributed by atoms with Crippen molar-refractivity contribution in [3.05, 3.63) is 33.1 Å². The van der Waals surface area contributed by atoms with Gasteiger partial charge in [-0.25, -0.2) is 0 Å². The van der Waals surface area contributed by atoms with Crippen LogP contribution in [0, 0.1) is 0 Å². The molecule has 0 aliphatic carbocycles. The second-order valence-electron chi connectivity index (χ2n) is 5.41. The first-order chi connectivity index (χ1) is 12.2. The molecule has 1 unspecified atom stereocenters. The number of nitrogens with zero attached hydrogens (tertiary/aromatic N) is 1. The highest BCUT2D eigenvalue weighted by atomic mass is 79.9. The van der Waals surface area contributed by atoms with Gasteiger partial charge >= 0.3 is 5.97 Å². The Balaban J connectivity index is 2.04. The molecule has 0 saturated carbocycles. The molecule has 1 fully saturated rings. The van der Waals surface area contributed by atoms with Crippen molar-refractivity contribution < 1.29 is 24.6 Å². The van der Waals surface area contributed by atoms with Crippen LogP contribution in [0.5, 0.6) is 5.75 Å². The molecule has 1 aliphatic rings. The van der Waals surface area contributed by atoms with Gasteiger partial charge in [-0.2, -0.15) is 0 Å². The number of thioether (sulfide) groups is 1. The van der Waals surface area contributed by atoms with Crippen LogP contribution in [0.2, 0.25) is 0 Å². The van der Waals surface area contributed by atoms with E-state index in [1.165, 1.54) is 24.0 Å². The van der Waals surface area contributed by atoms with Crippen molar-refractivity contribution in [2.24, 2.45) is 0 Å². The molecule has 1 aromatic rings. The van der Waals surface area contributed by atoms with E-state index in [4.69, 9.17) is 17.3 Å². The van der Waals surface area contributed by atoms with E-state index in [0.717, 1.165) is 16.2 Å². The Kier molecular flexibility index (Phi) is 6.79. The number of aliphatic carboxylic acids is 1. The summed E-state index contributed by atoms with van der Waals surface area (Å²) in [5.74, 6) is -1.96. The number of benzene rings is 1. The van der Waals surface area contributed by atoms with Gasteiger partial charge in [0.15, 0.2) is 0 Å². The first kappa shape index (κ1) is 20.4. The number of carboxylic acid groups (broad SMARTS) is 1. The number of carbonyl (C=O) groups is 3. The van der Waals surface area contributed by atoms with Gasteiger partial charge in [-0.15, -0.1) is 0 Å². The van der Waals surface area contributed by atoms with E-state index >= 15 is 0 Å². The van der Waals surface area contributed by atoms with Crippen LogP contribution in [0.4, 0.5) is 0 Å². The Morgan fingerprint density at radius 2 is 2.15 bits per heavy atom. The zero-order valence-electron chi connectivity index (χ0n) is 13.6. The van der Waals surface area contributed by atoms with Crippen molar-refractivity contribution in [3.63, 3.8) is 0 Å². The molecule has 3 N–H and O–H groups in total. The minimum atomic E-state index is -1.14. The molecule has 26 heavy (non-hydrogen) atoms. The van der Waals surface area contributed by atoms with Crippen molar-refractivity contribution in [1.29, 1.82) is 0 Å². The number of nitrogens with one attached hydrogen (secondary N) is 1. The predicted molar refractivity (Wildman–Crippen MR) is 106 cm³/mol. The van der Waals surface area contributed by atoms with Crippen LogP contribution in [0.3, 0.4) is 0 Å². The van der Waals surface area contributed by atoms with Crippen LogP contribution in [-0.2, 0) is 14.4 Å². The zero-order valence-corrected chi connectivity index (χ0v) is 16.8. The first-order valence-electron chi connectivity index (χ1n) is 7.45. The van der Waals surface area contributed by atoms with Gasteiger partial charge in [0.25, 0.3) is 5.91 Å². The summed E-state index contributed by atoms with van der Waals surface area (Å²) in [5, 5.41) is 21.0. The Labute approximate surface area is 167 Å². The van der Waals surface area contributed by atoms with Gasteiger partial charge in [0.2, 0.25) is 5.91 Å². The number of phenols is 1. The number of phenolic OH excluding ortho intramolecular Hbond substituents is 1. The Bertz CT molecular complexity index is 812. The molecule has 0 bridgehead atoms. The fourth-order valence-corrected chi connectivity index (χ4v) is 3.74. The number of aromatic hydroxyl groups is 1. The fraction of sp³-hybridized carbons (Fsp3) is 0.250. The summed E-state index contributed by atoms with van der Waals surface area (Å²) in [6.45, 7) is 1.40. The smallest absolute Gasteiger partial charge is 0.325 e. The summed E-state index contributed by atoms with van der Waals surface area (Å²) < 4.78 is 1.05. The lowest BCUT2D eigenvalue weighted by Crippen LogP contribution is -2.40. The summed E-state index contributed by atoms with van der Waals surface area (Å²) in [5.41, 5.74) is 0.466. The molecule has 1 aromatic carbocycles. The topological polar surface area (TPSA) is 107 Å². The fourth-order valence-electron chi connectivity index (χ4n) is 2.06. The molecule has 1 atom stereocenters. The van der Waals surface area contributed by atoms with E-state index in [-0.39, 0.29) is 24.6 Å². The van der Waals surface area contributed by atoms with Crippen LogP contribution in [0.15, 0.2) is 27.6 Å². The predicted octanol–water partition coefficient (Wildman–Crippen LogP) is 2.34. The second-order valence-corrected chi connectivity index (χ2v) is 8.01. The van der Waals surface area contributed by atoms with Gasteiger partial charge in [-0.3, -0.25) is 19.3 Å². The summed E-state index contributed by atoms with van der Waals surface area (Å²) in [4.78, 5) is 36.6. The van der Waals surface area contributed by atoms with E-state index in [9.17, 15) is 19.5 Å². The molecule has 1 aliphatic heterocycles. The van der Waals surface area contributed by atoms with Gasteiger partial charge in [0.05, 0.1) is 4.91 Å². The number of rotatable bonds is 6. The minimum absolute atomic E-state index is 0.0282. The summed E-state index contributed by atoms with van der Waals surface area (Å²) in [6.07, 6.45) is 1.46. The highest BCUT2D eigenvalue weighted by Crippen LogP contribution is 2.34. The van der Waals surface area contributed by atoms with Gasteiger partial charge < -0.3 is 15.5 Å². The van der Waals surface area contributed by atoms with Crippen LogP contribution < -0.4 is 5.32 Å². The Hall–Kier alpha value is -1.91. The lowest BCUT2D eigenvalue weighted by atomic mass is 10.2. The number of amides is 2. The summed E-state index contributed by atoms with van der Waals surface area (Å²) >= 11 is 9.56. The lowest BCUT2D eigenvalue weighted by Gasteiger charge is -2.15. The average Bonchev–Trinajstić information content (AvgIpc) is 2.82. The molecule has 2 amide bonds. The van der Waals surface area contributed by atoms with Crippen LogP contribution in [-0.4, -0.2) is 49.8 Å². The van der Waals surface area contributed by atoms with Crippen molar-refractivity contribution in [3.8, 4) is 5.75 Å². The zero-order chi connectivity index (χ0) is 19.4. The molecule has 138 valence electrons. The second kappa shape index (κ2) is 8.65. The van der Waals surface area contributed by atoms with Gasteiger partial charge in [-0.1, -0.05) is 39.9 Å². The number of hydrogen-bond acceptors (Lipinski definition) is 6. The molecule has 1 heterocycles. The molecule has 0 spiro atoms. The van der Waals surface area contributed by atoms with Crippen LogP contribution in [0.1, 0.15) is 18.9 Å². The number of thiocarbonyl (C=S) groups is 1. The van der Waals surface area contributed by atoms with E-state index < -0.39 is 17.9 Å². The maximum Gasteiger partial charge on any atom is 0.325 e. The lowest BCUT2D eigenvalue weighted by molar-refractivity contribution is -0.141. The molecule has 0 radical (unpaired) electrons. The van der Waals surface area contributed by atoms with E-state index in [0.29, 0.717) is 14.8 Å². The maximum atomic E-state index is 12.5. The first-order valence-corrected chi connectivity index (χ1v) is 9.47. The van der Waals surface area contributed by atoms with Crippen molar-refractivity contribution >= 4 is 68.1 Å². The molecule has 1 saturated heterocycles. The highest BCUT2D eigenvalue weighted by Gasteiger charge is 2.32. The molecule has 10 heteroatoms. The van der Waals surface area contributed by atoms with Crippen molar-refractivity contribution in [2.45, 2.75) is 19.4 Å². The average molecular weight is 459 g/mol. The number of halogens is 1. The third-order valence-electron chi connectivity index (χ3n) is 3.46. The quantitative estimate of drug-likeness (QED) is 0.443. The highest BCUT2D eigenvalue weighted by molar-refractivity contribution is 9.10. The Morgan fingerprint density at radius 3 is 2.81 bits per heavy atom. The number of carboxylic acids is 1. The molecule has 0 aromatic heterocycles. The van der Waals surface area contributed by atoms with E-state index in [1.54, 1.807) is 12.1 Å². The minimum Gasteiger partial charge on any atom is -0.507 e. The molecule has 7 nitrogen and oxygen atoms in total. The standard InChI is InChI=1S/C16H15BrN2O5S2/c1-8(15(23)24)18-13(21)4-5-19-14(22)12(26-16(19)25)7-9-6-10(17)2-3-11(9)20/h2-3,6-8,20H,4-5H2,1H3,(H,18,21)(H,23,24)/b12-7-. The Morgan fingerprint density at radius 1 is 1.46 bits per heavy atom. The SMILES string of the molecule is CC(NC(=O)CCN1C(=O)/C(=C/c2cc(Br)ccc2O)SC1=S)C(=O)O.